The summed E-state index contributed by atoms with van der Waals surface area (Å²) >= 11 is 0. The van der Waals surface area contributed by atoms with Crippen LogP contribution in [-0.2, 0) is 14.3 Å². The number of hydrogen-bond acceptors (Lipinski definition) is 5. The molecule has 0 rings (SSSR count). The minimum absolute atomic E-state index is 0.0218. The molecule has 3 N–H and O–H groups in total. The Morgan fingerprint density at radius 1 is 0.346 bits per heavy atom. The SMILES string of the molecule is CCCCCCCCCC/C=C/C(O)C(CO)NC(=O)CCCCCCCCCCCCCCCCCCC/C=C\C/C=C\CCCCCCCCCCCCCOC(=O)CCCCCCCCCCCCCCCCCCCCC. The van der Waals surface area contributed by atoms with Crippen molar-refractivity contribution in [1.82, 2.24) is 5.32 Å². The largest absolute Gasteiger partial charge is 0.466 e. The van der Waals surface area contributed by atoms with E-state index in [4.69, 9.17) is 4.74 Å². The molecular weight excluding hydrogens is 995 g/mol. The first-order valence-corrected chi connectivity index (χ1v) is 36.8. The van der Waals surface area contributed by atoms with Gasteiger partial charge in [-0.25, -0.2) is 0 Å². The number of unbranched alkanes of at least 4 members (excludes halogenated alkanes) is 54. The number of nitrogens with one attached hydrogen (secondary N) is 1. The highest BCUT2D eigenvalue weighted by Crippen LogP contribution is 2.19. The number of allylic oxidation sites excluding steroid dienone is 5. The Labute approximate surface area is 506 Å². The molecule has 0 aliphatic heterocycles. The van der Waals surface area contributed by atoms with E-state index in [9.17, 15) is 19.8 Å². The molecule has 1 amide bonds. The lowest BCUT2D eigenvalue weighted by Crippen LogP contribution is -2.45. The van der Waals surface area contributed by atoms with Gasteiger partial charge in [0.2, 0.25) is 5.91 Å². The molecule has 6 nitrogen and oxygen atoms in total. The van der Waals surface area contributed by atoms with Crippen LogP contribution in [0.4, 0.5) is 0 Å². The Kier molecular flexibility index (Phi) is 68.9. The third-order valence-corrected chi connectivity index (χ3v) is 17.2. The Morgan fingerprint density at radius 3 is 0.938 bits per heavy atom. The molecule has 2 unspecified atom stereocenters. The standard InChI is InChI=1S/C75H143NO5/c1-3-5-7-9-11-13-15-16-17-18-36-40-43-46-49-53-57-61-65-69-75(80)81-70-66-62-58-54-50-47-44-41-38-35-33-31-29-27-25-23-21-19-20-22-24-26-28-30-32-34-37-39-42-45-48-52-56-60-64-68-74(79)76-72(71-77)73(78)67-63-59-55-51-14-12-10-8-6-4-2/h21,23,27,29,63,67,72-73,77-78H,3-20,22,24-26,28,30-62,64-66,68-71H2,1-2H3,(H,76,79)/b23-21-,29-27-,67-63+. The third kappa shape index (κ3) is 67.1. The van der Waals surface area contributed by atoms with Crippen molar-refractivity contribution in [1.29, 1.82) is 0 Å². The number of esters is 1. The molecule has 0 fully saturated rings. The van der Waals surface area contributed by atoms with Crippen LogP contribution in [0.5, 0.6) is 0 Å². The van der Waals surface area contributed by atoms with Gasteiger partial charge in [0, 0.05) is 12.8 Å². The van der Waals surface area contributed by atoms with Crippen molar-refractivity contribution < 1.29 is 24.5 Å². The van der Waals surface area contributed by atoms with Gasteiger partial charge in [-0.2, -0.15) is 0 Å². The highest BCUT2D eigenvalue weighted by Gasteiger charge is 2.18. The average molecular weight is 1140 g/mol. The number of hydrogen-bond donors (Lipinski definition) is 3. The Bertz CT molecular complexity index is 1310. The second kappa shape index (κ2) is 70.6. The molecule has 0 saturated carbocycles. The Balaban J connectivity index is 3.34. The van der Waals surface area contributed by atoms with Gasteiger partial charge in [0.1, 0.15) is 0 Å². The predicted molar refractivity (Wildman–Crippen MR) is 356 cm³/mol. The zero-order valence-corrected chi connectivity index (χ0v) is 54.8. The molecule has 0 aliphatic carbocycles. The summed E-state index contributed by atoms with van der Waals surface area (Å²) in [5.41, 5.74) is 0. The van der Waals surface area contributed by atoms with Crippen molar-refractivity contribution >= 4 is 11.9 Å². The molecule has 0 radical (unpaired) electrons. The second-order valence-electron chi connectivity index (χ2n) is 25.3. The average Bonchev–Trinajstić information content (AvgIpc) is 3.47. The number of aliphatic hydroxyl groups is 2. The van der Waals surface area contributed by atoms with Gasteiger partial charge in [0.15, 0.2) is 0 Å². The third-order valence-electron chi connectivity index (χ3n) is 17.2. The zero-order chi connectivity index (χ0) is 58.5. The normalized spacial score (nSPS) is 12.7. The smallest absolute Gasteiger partial charge is 0.305 e. The molecule has 0 aromatic rings. The fourth-order valence-corrected chi connectivity index (χ4v) is 11.6. The number of rotatable bonds is 69. The van der Waals surface area contributed by atoms with Crippen LogP contribution < -0.4 is 5.32 Å². The van der Waals surface area contributed by atoms with Crippen molar-refractivity contribution in [3.05, 3.63) is 36.5 Å². The van der Waals surface area contributed by atoms with Gasteiger partial charge in [-0.1, -0.05) is 365 Å². The van der Waals surface area contributed by atoms with Gasteiger partial charge in [0.05, 0.1) is 25.4 Å². The zero-order valence-electron chi connectivity index (χ0n) is 54.8. The van der Waals surface area contributed by atoms with Crippen LogP contribution in [0.2, 0.25) is 0 Å². The van der Waals surface area contributed by atoms with Crippen LogP contribution in [-0.4, -0.2) is 47.4 Å². The first-order chi connectivity index (χ1) is 40.0. The summed E-state index contributed by atoms with van der Waals surface area (Å²) < 4.78 is 5.51. The minimum atomic E-state index is -0.841. The van der Waals surface area contributed by atoms with Crippen molar-refractivity contribution in [2.45, 2.75) is 418 Å². The van der Waals surface area contributed by atoms with Crippen LogP contribution in [0.15, 0.2) is 36.5 Å². The van der Waals surface area contributed by atoms with E-state index < -0.39 is 12.1 Å². The highest BCUT2D eigenvalue weighted by molar-refractivity contribution is 5.76. The van der Waals surface area contributed by atoms with Gasteiger partial charge in [-0.15, -0.1) is 0 Å². The summed E-state index contributed by atoms with van der Waals surface area (Å²) in [7, 11) is 0. The van der Waals surface area contributed by atoms with Crippen LogP contribution >= 0.6 is 0 Å². The van der Waals surface area contributed by atoms with E-state index in [1.54, 1.807) is 6.08 Å². The molecule has 0 saturated heterocycles. The van der Waals surface area contributed by atoms with Gasteiger partial charge in [-0.05, 0) is 64.2 Å². The minimum Gasteiger partial charge on any atom is -0.466 e. The van der Waals surface area contributed by atoms with Crippen LogP contribution in [0, 0.1) is 0 Å². The van der Waals surface area contributed by atoms with Crippen molar-refractivity contribution in [3.63, 3.8) is 0 Å². The monoisotopic (exact) mass is 1140 g/mol. The molecule has 0 aromatic carbocycles. The maximum Gasteiger partial charge on any atom is 0.305 e. The lowest BCUT2D eigenvalue weighted by molar-refractivity contribution is -0.143. The number of amides is 1. The Morgan fingerprint density at radius 2 is 0.617 bits per heavy atom. The summed E-state index contributed by atoms with van der Waals surface area (Å²) in [4.78, 5) is 24.5. The van der Waals surface area contributed by atoms with Crippen molar-refractivity contribution in [2.75, 3.05) is 13.2 Å². The predicted octanol–water partition coefficient (Wildman–Crippen LogP) is 23.9. The number of carbonyl (C=O) groups is 2. The molecule has 0 spiro atoms. The molecular formula is C75H143NO5. The van der Waals surface area contributed by atoms with Crippen LogP contribution in [0.3, 0.4) is 0 Å². The summed E-state index contributed by atoms with van der Waals surface area (Å²) in [6.45, 7) is 4.92. The first kappa shape index (κ1) is 79.1. The molecule has 0 bridgehead atoms. The summed E-state index contributed by atoms with van der Waals surface area (Å²) in [5.74, 6) is -0.0444. The van der Waals surface area contributed by atoms with E-state index >= 15 is 0 Å². The molecule has 2 atom stereocenters. The van der Waals surface area contributed by atoms with E-state index in [-0.39, 0.29) is 18.5 Å². The fraction of sp³-hybridized carbons (Fsp3) is 0.893. The maximum atomic E-state index is 12.4. The second-order valence-corrected chi connectivity index (χ2v) is 25.3. The molecule has 6 heteroatoms. The molecule has 81 heavy (non-hydrogen) atoms. The van der Waals surface area contributed by atoms with Crippen LogP contribution in [0.25, 0.3) is 0 Å². The van der Waals surface area contributed by atoms with Crippen LogP contribution in [0.1, 0.15) is 406 Å². The van der Waals surface area contributed by atoms with Gasteiger partial charge in [-0.3, -0.25) is 9.59 Å². The number of aliphatic hydroxyl groups excluding tert-OH is 2. The molecule has 478 valence electrons. The quantitative estimate of drug-likeness (QED) is 0.0320. The van der Waals surface area contributed by atoms with Crippen molar-refractivity contribution in [3.8, 4) is 0 Å². The topological polar surface area (TPSA) is 95.9 Å². The fourth-order valence-electron chi connectivity index (χ4n) is 11.6. The molecule has 0 aliphatic rings. The van der Waals surface area contributed by atoms with Crippen molar-refractivity contribution in [2.24, 2.45) is 0 Å². The number of ether oxygens (including phenoxy) is 1. The van der Waals surface area contributed by atoms with Gasteiger partial charge in [0.25, 0.3) is 0 Å². The number of carbonyl (C=O) groups excluding carboxylic acids is 2. The first-order valence-electron chi connectivity index (χ1n) is 36.8. The maximum absolute atomic E-state index is 12.4. The lowest BCUT2D eigenvalue weighted by Gasteiger charge is -2.20. The van der Waals surface area contributed by atoms with E-state index in [1.807, 2.05) is 6.08 Å². The van der Waals surface area contributed by atoms with E-state index in [0.29, 0.717) is 19.4 Å². The summed E-state index contributed by atoms with van der Waals surface area (Å²) in [6.07, 6.45) is 91.2. The van der Waals surface area contributed by atoms with E-state index in [1.165, 1.54) is 334 Å². The van der Waals surface area contributed by atoms with Gasteiger partial charge < -0.3 is 20.3 Å². The highest BCUT2D eigenvalue weighted by atomic mass is 16.5. The molecule has 0 aromatic heterocycles. The summed E-state index contributed by atoms with van der Waals surface area (Å²) in [5, 5.41) is 23.0. The summed E-state index contributed by atoms with van der Waals surface area (Å²) in [6, 6.07) is -0.624. The van der Waals surface area contributed by atoms with E-state index in [0.717, 1.165) is 44.9 Å². The van der Waals surface area contributed by atoms with E-state index in [2.05, 4.69) is 43.5 Å². The Hall–Kier alpha value is -1.92. The molecule has 0 heterocycles. The lowest BCUT2D eigenvalue weighted by atomic mass is 10.0. The van der Waals surface area contributed by atoms with Gasteiger partial charge >= 0.3 is 5.97 Å².